The molecule has 2 aromatic rings. The molecule has 4 rings (SSSR count). The number of nitrogen functional groups attached to an aromatic ring is 2. The van der Waals surface area contributed by atoms with Crippen LogP contribution in [0.5, 0.6) is 0 Å². The lowest BCUT2D eigenvalue weighted by atomic mass is 10.0. The van der Waals surface area contributed by atoms with Gasteiger partial charge in [0.1, 0.15) is 17.1 Å². The number of halogens is 1. The Morgan fingerprint density at radius 1 is 1.42 bits per heavy atom. The Hall–Kier alpha value is -3.36. The number of thioether (sulfide) groups is 1. The van der Waals surface area contributed by atoms with Gasteiger partial charge < -0.3 is 31.9 Å². The van der Waals surface area contributed by atoms with Crippen molar-refractivity contribution in [3.63, 3.8) is 0 Å². The van der Waals surface area contributed by atoms with Crippen molar-refractivity contribution in [3.8, 4) is 0 Å². The zero-order valence-electron chi connectivity index (χ0n) is 16.7. The molecule has 0 radical (unpaired) electrons. The van der Waals surface area contributed by atoms with Crippen molar-refractivity contribution < 1.29 is 29.3 Å². The number of carbonyl (C=O) groups excluding carboxylic acids is 3. The summed E-state index contributed by atoms with van der Waals surface area (Å²) in [6.45, 7) is 0.210. The molecule has 0 spiro atoms. The predicted octanol–water partition coefficient (Wildman–Crippen LogP) is -1.70. The molecule has 33 heavy (non-hydrogen) atoms. The monoisotopic (exact) mass is 511 g/mol. The number of thiazole rings is 1. The standard InChI is InChI=1S/C18H17N7O5S2.ClH/c19-9-2-1-3-24(5-9)4-8-6-31-16-12(15(27)25(16)13(8)17(28)29)22-14(26)11(23-30)10-7-32-18(20)21-10;/h1-3,5,7,12,16H,4,6,19H2,(H4-,20,21,22,26,28,29,30);1H/t12-,16+;/m1./s1. The highest BCUT2D eigenvalue weighted by Gasteiger charge is 2.53. The van der Waals surface area contributed by atoms with Gasteiger partial charge in [-0.05, 0) is 6.07 Å². The zero-order valence-corrected chi connectivity index (χ0v) is 19.2. The van der Waals surface area contributed by atoms with Crippen LogP contribution in [-0.4, -0.2) is 55.8 Å². The fourth-order valence-corrected chi connectivity index (χ4v) is 5.36. The van der Waals surface area contributed by atoms with Crippen molar-refractivity contribution >= 4 is 69.8 Å². The molecule has 15 heteroatoms. The number of pyridine rings is 1. The highest BCUT2D eigenvalue weighted by atomic mass is 35.5. The number of carboxylic acids is 1. The smallest absolute Gasteiger partial charge is 0.276 e. The SMILES string of the molecule is Cl.Nc1ccc[n+](CC2=C(C(=O)[O-])N3C(=O)[C@@H](NC(=O)C(=NO)c4csc(N)n4)[C@@H]3SC2)c1. The Balaban J connectivity index is 0.00000306. The Bertz CT molecular complexity index is 1180. The second kappa shape index (κ2) is 9.64. The lowest BCUT2D eigenvalue weighted by Crippen LogP contribution is -2.71. The number of carbonyl (C=O) groups is 3. The molecule has 1 fully saturated rings. The maximum atomic E-state index is 12.8. The maximum absolute atomic E-state index is 12.8. The minimum Gasteiger partial charge on any atom is -0.543 e. The van der Waals surface area contributed by atoms with E-state index < -0.39 is 34.9 Å². The summed E-state index contributed by atoms with van der Waals surface area (Å²) < 4.78 is 1.71. The van der Waals surface area contributed by atoms with Gasteiger partial charge in [-0.1, -0.05) is 5.16 Å². The molecule has 174 valence electrons. The highest BCUT2D eigenvalue weighted by Crippen LogP contribution is 2.40. The van der Waals surface area contributed by atoms with Crippen molar-refractivity contribution in [2.45, 2.75) is 18.0 Å². The fourth-order valence-electron chi connectivity index (χ4n) is 3.47. The number of aliphatic carboxylic acids is 1. The van der Waals surface area contributed by atoms with Gasteiger partial charge in [-0.25, -0.2) is 4.98 Å². The molecule has 0 bridgehead atoms. The van der Waals surface area contributed by atoms with Gasteiger partial charge in [0, 0.05) is 22.8 Å². The molecule has 0 aromatic carbocycles. The fraction of sp³-hybridized carbons (Fsp3) is 0.222. The molecule has 2 aromatic heterocycles. The molecule has 2 atom stereocenters. The van der Waals surface area contributed by atoms with Gasteiger partial charge in [0.25, 0.3) is 11.8 Å². The number of oxime groups is 1. The first kappa shape index (κ1) is 24.3. The Morgan fingerprint density at radius 3 is 2.79 bits per heavy atom. The summed E-state index contributed by atoms with van der Waals surface area (Å²) in [5.74, 6) is -2.63. The predicted molar refractivity (Wildman–Crippen MR) is 120 cm³/mol. The summed E-state index contributed by atoms with van der Waals surface area (Å²) in [5, 5.41) is 27.5. The summed E-state index contributed by atoms with van der Waals surface area (Å²) >= 11 is 2.36. The molecule has 2 amide bonds. The van der Waals surface area contributed by atoms with E-state index in [1.807, 2.05) is 0 Å². The third kappa shape index (κ3) is 4.58. The van der Waals surface area contributed by atoms with E-state index in [4.69, 9.17) is 11.5 Å². The lowest BCUT2D eigenvalue weighted by Gasteiger charge is -2.50. The number of nitrogens with zero attached hydrogens (tertiary/aromatic N) is 4. The van der Waals surface area contributed by atoms with Crippen molar-refractivity contribution in [2.24, 2.45) is 5.16 Å². The summed E-state index contributed by atoms with van der Waals surface area (Å²) in [6.07, 6.45) is 3.38. The quantitative estimate of drug-likeness (QED) is 0.115. The molecule has 2 aliphatic rings. The van der Waals surface area contributed by atoms with E-state index in [-0.39, 0.29) is 35.5 Å². The first-order valence-electron chi connectivity index (χ1n) is 9.17. The molecule has 0 aliphatic carbocycles. The Morgan fingerprint density at radius 2 is 2.18 bits per heavy atom. The number of aromatic nitrogens is 2. The Labute approximate surface area is 201 Å². The van der Waals surface area contributed by atoms with Gasteiger partial charge in [-0.2, -0.15) is 4.57 Å². The Kier molecular flexibility index (Phi) is 7.09. The van der Waals surface area contributed by atoms with Crippen LogP contribution in [0.2, 0.25) is 0 Å². The number of hydrogen-bond acceptors (Lipinski definition) is 11. The normalized spacial score (nSPS) is 19.9. The largest absolute Gasteiger partial charge is 0.543 e. The summed E-state index contributed by atoms with van der Waals surface area (Å²) in [6, 6.07) is 2.42. The number of β-lactam (4-membered cyclic amide) rings is 1. The number of nitrogens with two attached hydrogens (primary N) is 2. The summed E-state index contributed by atoms with van der Waals surface area (Å²) in [4.78, 5) is 42.2. The average Bonchev–Trinajstić information content (AvgIpc) is 3.17. The van der Waals surface area contributed by atoms with Crippen LogP contribution in [0.1, 0.15) is 5.69 Å². The van der Waals surface area contributed by atoms with Gasteiger partial charge in [0.15, 0.2) is 29.8 Å². The van der Waals surface area contributed by atoms with Crippen LogP contribution in [-0.2, 0) is 20.9 Å². The highest BCUT2D eigenvalue weighted by molar-refractivity contribution is 8.00. The average molecular weight is 512 g/mol. The van der Waals surface area contributed by atoms with Crippen LogP contribution in [0.3, 0.4) is 0 Å². The second-order valence-corrected chi connectivity index (χ2v) is 8.92. The van der Waals surface area contributed by atoms with E-state index in [2.05, 4.69) is 15.5 Å². The molecule has 6 N–H and O–H groups in total. The molecular formula is C18H18ClN7O5S2. The van der Waals surface area contributed by atoms with Crippen molar-refractivity contribution in [1.29, 1.82) is 0 Å². The number of fused-ring (bicyclic) bond motifs is 1. The van der Waals surface area contributed by atoms with Gasteiger partial charge >= 0.3 is 0 Å². The van der Waals surface area contributed by atoms with Crippen molar-refractivity contribution in [1.82, 2.24) is 15.2 Å². The number of rotatable bonds is 6. The minimum atomic E-state index is -1.48. The second-order valence-electron chi connectivity index (χ2n) is 6.93. The van der Waals surface area contributed by atoms with Gasteiger partial charge in [-0.15, -0.1) is 35.5 Å². The van der Waals surface area contributed by atoms with E-state index in [0.29, 0.717) is 17.0 Å². The van der Waals surface area contributed by atoms with Crippen LogP contribution in [0, 0.1) is 0 Å². The van der Waals surface area contributed by atoms with Gasteiger partial charge in [0.2, 0.25) is 0 Å². The van der Waals surface area contributed by atoms with Crippen LogP contribution >= 0.6 is 35.5 Å². The number of amides is 2. The third-order valence-corrected chi connectivity index (χ3v) is 6.87. The van der Waals surface area contributed by atoms with E-state index >= 15 is 0 Å². The topological polar surface area (TPSA) is 191 Å². The molecular weight excluding hydrogens is 494 g/mol. The number of nitrogens with one attached hydrogen (secondary N) is 1. The van der Waals surface area contributed by atoms with Gasteiger partial charge in [0.05, 0.1) is 17.4 Å². The van der Waals surface area contributed by atoms with E-state index in [0.717, 1.165) is 16.2 Å². The van der Waals surface area contributed by atoms with Crippen LogP contribution in [0.15, 0.2) is 46.3 Å². The first-order chi connectivity index (χ1) is 15.3. The lowest BCUT2D eigenvalue weighted by molar-refractivity contribution is -0.688. The van der Waals surface area contributed by atoms with Gasteiger partial charge in [-0.3, -0.25) is 14.5 Å². The summed E-state index contributed by atoms with van der Waals surface area (Å²) in [7, 11) is 0. The number of hydrogen-bond donors (Lipinski definition) is 4. The van der Waals surface area contributed by atoms with Crippen molar-refractivity contribution in [3.05, 3.63) is 46.9 Å². The van der Waals surface area contributed by atoms with E-state index in [1.165, 1.54) is 17.1 Å². The molecule has 4 heterocycles. The molecule has 1 saturated heterocycles. The molecule has 2 aliphatic heterocycles. The molecule has 0 saturated carbocycles. The van der Waals surface area contributed by atoms with E-state index in [9.17, 15) is 24.7 Å². The molecule has 12 nitrogen and oxygen atoms in total. The van der Waals surface area contributed by atoms with Crippen LogP contribution in [0.25, 0.3) is 0 Å². The zero-order chi connectivity index (χ0) is 23.0. The summed E-state index contributed by atoms with van der Waals surface area (Å²) in [5.41, 5.74) is 11.7. The number of anilines is 2. The first-order valence-corrected chi connectivity index (χ1v) is 11.1. The van der Waals surface area contributed by atoms with Crippen LogP contribution in [0.4, 0.5) is 10.8 Å². The number of carboxylic acid groups (broad SMARTS) is 1. The van der Waals surface area contributed by atoms with Crippen LogP contribution < -0.4 is 26.5 Å². The molecule has 0 unspecified atom stereocenters. The van der Waals surface area contributed by atoms with E-state index in [1.54, 1.807) is 29.1 Å². The maximum Gasteiger partial charge on any atom is 0.276 e. The van der Waals surface area contributed by atoms with Crippen molar-refractivity contribution in [2.75, 3.05) is 17.2 Å². The third-order valence-electron chi connectivity index (χ3n) is 4.86. The minimum absolute atomic E-state index is 0.